The lowest BCUT2D eigenvalue weighted by Gasteiger charge is -2.39. The van der Waals surface area contributed by atoms with Crippen molar-refractivity contribution in [3.8, 4) is 6.07 Å². The van der Waals surface area contributed by atoms with Crippen LogP contribution in [0.25, 0.3) is 0 Å². The van der Waals surface area contributed by atoms with Crippen molar-refractivity contribution >= 4 is 11.8 Å². The number of rotatable bonds is 4. The van der Waals surface area contributed by atoms with Crippen molar-refractivity contribution in [3.05, 3.63) is 65.2 Å². The highest BCUT2D eigenvalue weighted by Crippen LogP contribution is 2.45. The summed E-state index contributed by atoms with van der Waals surface area (Å²) >= 11 is 0. The number of nitrogens with zero attached hydrogens (tertiary/aromatic N) is 1. The van der Waals surface area contributed by atoms with Crippen LogP contribution in [0, 0.1) is 23.2 Å². The summed E-state index contributed by atoms with van der Waals surface area (Å²) < 4.78 is 5.43. The van der Waals surface area contributed by atoms with Crippen LogP contribution < -0.4 is 10.6 Å². The maximum absolute atomic E-state index is 12.5. The van der Waals surface area contributed by atoms with E-state index in [0.717, 1.165) is 16.8 Å². The van der Waals surface area contributed by atoms with Crippen molar-refractivity contribution in [1.29, 1.82) is 5.26 Å². The zero-order chi connectivity index (χ0) is 18.8. The zero-order valence-electron chi connectivity index (χ0n) is 15.3. The lowest BCUT2D eigenvalue weighted by Crippen LogP contribution is -2.45. The van der Waals surface area contributed by atoms with E-state index >= 15 is 0 Å². The summed E-state index contributed by atoms with van der Waals surface area (Å²) in [7, 11) is 0. The predicted octanol–water partition coefficient (Wildman–Crippen LogP) is 4.37. The molecular formula is C22H23N3O2. The van der Waals surface area contributed by atoms with Gasteiger partial charge in [0.05, 0.1) is 17.7 Å². The molecule has 1 saturated carbocycles. The Labute approximate surface area is 159 Å². The number of amides is 1. The number of nitrogens with one attached hydrogen (secondary N) is 2. The van der Waals surface area contributed by atoms with Gasteiger partial charge in [0.25, 0.3) is 0 Å². The molecule has 2 N–H and O–H groups in total. The fourth-order valence-electron chi connectivity index (χ4n) is 3.93. The molecule has 2 aromatic rings. The normalized spacial score (nSPS) is 23.5. The van der Waals surface area contributed by atoms with Gasteiger partial charge in [0.15, 0.2) is 0 Å². The first-order valence-corrected chi connectivity index (χ1v) is 9.43. The predicted molar refractivity (Wildman–Crippen MR) is 103 cm³/mol. The van der Waals surface area contributed by atoms with Gasteiger partial charge in [-0.05, 0) is 48.1 Å². The topological polar surface area (TPSA) is 74.2 Å². The largest absolute Gasteiger partial charge is 0.445 e. The molecule has 1 unspecified atom stereocenters. The summed E-state index contributed by atoms with van der Waals surface area (Å²) in [6, 6.07) is 17.6. The molecule has 5 nitrogen and oxygen atoms in total. The molecule has 1 aliphatic heterocycles. The van der Waals surface area contributed by atoms with E-state index in [1.807, 2.05) is 48.5 Å². The minimum atomic E-state index is -0.430. The van der Waals surface area contributed by atoms with Gasteiger partial charge in [0, 0.05) is 17.6 Å². The molecule has 1 aliphatic carbocycles. The van der Waals surface area contributed by atoms with Crippen LogP contribution in [0.5, 0.6) is 0 Å². The summed E-state index contributed by atoms with van der Waals surface area (Å²) in [5.41, 5.74) is 3.50. The Morgan fingerprint density at radius 1 is 1.26 bits per heavy atom. The summed E-state index contributed by atoms with van der Waals surface area (Å²) in [5.74, 6) is 0.858. The van der Waals surface area contributed by atoms with Crippen LogP contribution in [0.1, 0.15) is 42.5 Å². The van der Waals surface area contributed by atoms with Crippen LogP contribution in [0.3, 0.4) is 0 Å². The molecule has 3 atom stereocenters. The van der Waals surface area contributed by atoms with E-state index in [1.54, 1.807) is 0 Å². The first kappa shape index (κ1) is 17.4. The highest BCUT2D eigenvalue weighted by atomic mass is 16.5. The molecule has 5 heteroatoms. The first-order chi connectivity index (χ1) is 13.2. The lowest BCUT2D eigenvalue weighted by atomic mass is 9.81. The van der Waals surface area contributed by atoms with Gasteiger partial charge < -0.3 is 15.4 Å². The second kappa shape index (κ2) is 7.32. The molecule has 0 spiro atoms. The summed E-state index contributed by atoms with van der Waals surface area (Å²) in [6.07, 6.45) is 2.01. The Bertz CT molecular complexity index is 871. The number of ether oxygens (including phenoxy) is 1. The van der Waals surface area contributed by atoms with Gasteiger partial charge >= 0.3 is 6.09 Å². The monoisotopic (exact) mass is 361 g/mol. The van der Waals surface area contributed by atoms with Gasteiger partial charge in [-0.2, -0.15) is 5.26 Å². The smallest absolute Gasteiger partial charge is 0.407 e. The minimum Gasteiger partial charge on any atom is -0.445 e. The molecule has 0 radical (unpaired) electrons. The van der Waals surface area contributed by atoms with E-state index in [1.165, 1.54) is 12.8 Å². The van der Waals surface area contributed by atoms with Gasteiger partial charge in [-0.1, -0.05) is 37.3 Å². The van der Waals surface area contributed by atoms with E-state index in [9.17, 15) is 10.1 Å². The Balaban J connectivity index is 1.52. The molecule has 0 aromatic heterocycles. The summed E-state index contributed by atoms with van der Waals surface area (Å²) in [5, 5.41) is 15.9. The van der Waals surface area contributed by atoms with Crippen molar-refractivity contribution in [2.45, 2.75) is 38.5 Å². The Hall–Kier alpha value is -3.00. The van der Waals surface area contributed by atoms with Crippen LogP contribution in [-0.2, 0) is 11.3 Å². The molecular weight excluding hydrogens is 338 g/mol. The van der Waals surface area contributed by atoms with Crippen LogP contribution in [0.2, 0.25) is 0 Å². The molecule has 0 bridgehead atoms. The molecule has 1 fully saturated rings. The van der Waals surface area contributed by atoms with Crippen molar-refractivity contribution in [1.82, 2.24) is 5.32 Å². The van der Waals surface area contributed by atoms with Gasteiger partial charge in [-0.25, -0.2) is 4.79 Å². The number of hydrogen-bond donors (Lipinski definition) is 2. The van der Waals surface area contributed by atoms with Crippen LogP contribution in [0.4, 0.5) is 10.5 Å². The van der Waals surface area contributed by atoms with Gasteiger partial charge in [-0.3, -0.25) is 0 Å². The standard InChI is InChI=1S/C22H23N3O2/c1-14-20(17-8-9-17)24-19-10-7-16(12-23)11-18(19)21(14)25-22(26)27-13-15-5-3-2-4-6-15/h2-7,10-11,14,17,20-21,24H,8-9,13H2,1H3,(H,25,26)/t14-,20?,21+/m0/s1. The number of hydrogen-bond acceptors (Lipinski definition) is 4. The second-order valence-corrected chi connectivity index (χ2v) is 7.46. The third kappa shape index (κ3) is 3.75. The van der Waals surface area contributed by atoms with Crippen molar-refractivity contribution < 1.29 is 9.53 Å². The lowest BCUT2D eigenvalue weighted by molar-refractivity contribution is 0.130. The summed E-state index contributed by atoms with van der Waals surface area (Å²) in [4.78, 5) is 12.5. The molecule has 2 aromatic carbocycles. The number of benzene rings is 2. The first-order valence-electron chi connectivity index (χ1n) is 9.43. The number of alkyl carbamates (subject to hydrolysis) is 1. The van der Waals surface area contributed by atoms with Crippen LogP contribution in [-0.4, -0.2) is 12.1 Å². The third-order valence-corrected chi connectivity index (χ3v) is 5.55. The van der Waals surface area contributed by atoms with E-state index in [2.05, 4.69) is 23.6 Å². The van der Waals surface area contributed by atoms with Gasteiger partial charge in [-0.15, -0.1) is 0 Å². The minimum absolute atomic E-state index is 0.177. The average Bonchev–Trinajstić information content (AvgIpc) is 3.54. The van der Waals surface area contributed by atoms with E-state index in [-0.39, 0.29) is 18.6 Å². The van der Waals surface area contributed by atoms with Gasteiger partial charge in [0.1, 0.15) is 6.61 Å². The molecule has 2 aliphatic rings. The number of carbonyl (C=O) groups is 1. The molecule has 0 saturated heterocycles. The maximum atomic E-state index is 12.5. The third-order valence-electron chi connectivity index (χ3n) is 5.55. The highest BCUT2D eigenvalue weighted by molar-refractivity contribution is 5.70. The molecule has 4 rings (SSSR count). The molecule has 1 heterocycles. The van der Waals surface area contributed by atoms with Crippen LogP contribution in [0.15, 0.2) is 48.5 Å². The highest BCUT2D eigenvalue weighted by Gasteiger charge is 2.42. The van der Waals surface area contributed by atoms with E-state index in [0.29, 0.717) is 17.5 Å². The van der Waals surface area contributed by atoms with E-state index < -0.39 is 6.09 Å². The van der Waals surface area contributed by atoms with Crippen molar-refractivity contribution in [2.24, 2.45) is 11.8 Å². The summed E-state index contributed by atoms with van der Waals surface area (Å²) in [6.45, 7) is 2.39. The number of anilines is 1. The Morgan fingerprint density at radius 2 is 2.04 bits per heavy atom. The van der Waals surface area contributed by atoms with Crippen molar-refractivity contribution in [3.63, 3.8) is 0 Å². The number of fused-ring (bicyclic) bond motifs is 1. The van der Waals surface area contributed by atoms with E-state index in [4.69, 9.17) is 4.74 Å². The molecule has 138 valence electrons. The maximum Gasteiger partial charge on any atom is 0.407 e. The fraction of sp³-hybridized carbons (Fsp3) is 0.364. The van der Waals surface area contributed by atoms with Crippen molar-refractivity contribution in [2.75, 3.05) is 5.32 Å². The zero-order valence-corrected chi connectivity index (χ0v) is 15.3. The Morgan fingerprint density at radius 3 is 2.74 bits per heavy atom. The Kier molecular flexibility index (Phi) is 4.72. The fourth-order valence-corrected chi connectivity index (χ4v) is 3.93. The molecule has 27 heavy (non-hydrogen) atoms. The molecule has 1 amide bonds. The number of nitriles is 1. The van der Waals surface area contributed by atoms with Crippen LogP contribution >= 0.6 is 0 Å². The quantitative estimate of drug-likeness (QED) is 0.848. The second-order valence-electron chi connectivity index (χ2n) is 7.46. The average molecular weight is 361 g/mol. The van der Waals surface area contributed by atoms with Gasteiger partial charge in [0.2, 0.25) is 0 Å². The SMILES string of the molecule is C[C@H]1C(C2CC2)Nc2ccc(C#N)cc2[C@@H]1NC(=O)OCc1ccccc1. The number of carbonyl (C=O) groups excluding carboxylic acids is 1.